The summed E-state index contributed by atoms with van der Waals surface area (Å²) in [6, 6.07) is 20.7. The van der Waals surface area contributed by atoms with Gasteiger partial charge in [-0.3, -0.25) is 0 Å². The zero-order valence-corrected chi connectivity index (χ0v) is 14.3. The normalized spacial score (nSPS) is 10.6. The molecule has 0 saturated heterocycles. The third-order valence-corrected chi connectivity index (χ3v) is 5.47. The molecule has 0 fully saturated rings. The van der Waals surface area contributed by atoms with Crippen molar-refractivity contribution in [3.63, 3.8) is 0 Å². The molecule has 0 amide bonds. The maximum Gasteiger partial charge on any atom is 0.0568 e. The Bertz CT molecular complexity index is 740. The van der Waals surface area contributed by atoms with Crippen LogP contribution in [0.5, 0.6) is 0 Å². The van der Waals surface area contributed by atoms with Crippen molar-refractivity contribution in [3.05, 3.63) is 75.0 Å². The largest absolute Gasteiger partial charge is 0.380 e. The molecular weight excluding hydrogens is 366 g/mol. The molecule has 106 valence electrons. The number of thiophene rings is 1. The number of hydrogen-bond donors (Lipinski definition) is 1. The second kappa shape index (κ2) is 6.65. The van der Waals surface area contributed by atoms with Gasteiger partial charge in [-0.1, -0.05) is 41.9 Å². The lowest BCUT2D eigenvalue weighted by atomic mass is 10.2. The van der Waals surface area contributed by atoms with E-state index in [9.17, 15) is 0 Å². The maximum atomic E-state index is 6.10. The minimum atomic E-state index is 0.719. The fourth-order valence-corrected chi connectivity index (χ4v) is 3.41. The molecule has 1 aromatic heterocycles. The van der Waals surface area contributed by atoms with E-state index in [1.165, 1.54) is 15.3 Å². The summed E-state index contributed by atoms with van der Waals surface area (Å²) in [5.41, 5.74) is 2.29. The summed E-state index contributed by atoms with van der Waals surface area (Å²) >= 11 is 11.3. The number of halogens is 2. The number of benzene rings is 2. The topological polar surface area (TPSA) is 12.0 Å². The summed E-state index contributed by atoms with van der Waals surface area (Å²) in [5, 5.41) is 4.12. The molecule has 3 aromatic rings. The Hall–Kier alpha value is -1.29. The molecule has 0 radical (unpaired) electrons. The van der Waals surface area contributed by atoms with Crippen molar-refractivity contribution in [2.75, 3.05) is 5.32 Å². The third kappa shape index (κ3) is 3.67. The summed E-state index contributed by atoms with van der Waals surface area (Å²) in [6.45, 7) is 0.801. The van der Waals surface area contributed by atoms with Crippen LogP contribution in [-0.2, 0) is 6.54 Å². The summed E-state index contributed by atoms with van der Waals surface area (Å²) in [5.74, 6) is 0. The molecule has 0 unspecified atom stereocenters. The average molecular weight is 379 g/mol. The van der Waals surface area contributed by atoms with Crippen LogP contribution in [0.3, 0.4) is 0 Å². The fraction of sp³-hybridized carbons (Fsp3) is 0.0588. The van der Waals surface area contributed by atoms with Gasteiger partial charge in [0.05, 0.1) is 5.02 Å². The lowest BCUT2D eigenvalue weighted by molar-refractivity contribution is 1.19. The molecule has 1 heterocycles. The van der Waals surface area contributed by atoms with Gasteiger partial charge in [-0.25, -0.2) is 0 Å². The first-order chi connectivity index (χ1) is 10.2. The summed E-state index contributed by atoms with van der Waals surface area (Å²) in [6.07, 6.45) is 0. The molecule has 0 aliphatic carbocycles. The van der Waals surface area contributed by atoms with Gasteiger partial charge < -0.3 is 5.32 Å². The van der Waals surface area contributed by atoms with Crippen molar-refractivity contribution in [1.29, 1.82) is 0 Å². The minimum Gasteiger partial charge on any atom is -0.380 e. The van der Waals surface area contributed by atoms with E-state index in [0.717, 1.165) is 21.7 Å². The molecule has 0 spiro atoms. The molecular formula is C17H13BrClNS. The van der Waals surface area contributed by atoms with Crippen LogP contribution in [0.15, 0.2) is 65.1 Å². The second-order valence-electron chi connectivity index (χ2n) is 4.61. The lowest BCUT2D eigenvalue weighted by Crippen LogP contribution is -1.96. The highest BCUT2D eigenvalue weighted by molar-refractivity contribution is 9.10. The Balaban J connectivity index is 1.69. The second-order valence-corrected chi connectivity index (χ2v) is 7.04. The zero-order chi connectivity index (χ0) is 14.7. The molecule has 0 aliphatic rings. The Kier molecular flexibility index (Phi) is 4.63. The van der Waals surface area contributed by atoms with Gasteiger partial charge in [-0.15, -0.1) is 11.3 Å². The van der Waals surface area contributed by atoms with E-state index in [1.54, 1.807) is 0 Å². The van der Waals surface area contributed by atoms with Gasteiger partial charge in [0, 0.05) is 26.5 Å². The van der Waals surface area contributed by atoms with Gasteiger partial charge in [-0.05, 0) is 51.8 Å². The first-order valence-electron chi connectivity index (χ1n) is 6.55. The number of rotatable bonds is 4. The molecule has 1 nitrogen and oxygen atoms in total. The van der Waals surface area contributed by atoms with E-state index in [-0.39, 0.29) is 0 Å². The molecule has 21 heavy (non-hydrogen) atoms. The van der Waals surface area contributed by atoms with Crippen LogP contribution in [0.4, 0.5) is 5.69 Å². The van der Waals surface area contributed by atoms with Crippen LogP contribution in [0.1, 0.15) is 4.88 Å². The Morgan fingerprint density at radius 1 is 1.00 bits per heavy atom. The smallest absolute Gasteiger partial charge is 0.0568 e. The Morgan fingerprint density at radius 3 is 2.57 bits per heavy atom. The van der Waals surface area contributed by atoms with Gasteiger partial charge in [0.15, 0.2) is 0 Å². The number of anilines is 1. The van der Waals surface area contributed by atoms with Crippen LogP contribution >= 0.6 is 38.9 Å². The van der Waals surface area contributed by atoms with Crippen molar-refractivity contribution in [2.24, 2.45) is 0 Å². The molecule has 3 rings (SSSR count). The summed E-state index contributed by atoms with van der Waals surface area (Å²) < 4.78 is 0.914. The van der Waals surface area contributed by atoms with E-state index in [0.29, 0.717) is 0 Å². The monoisotopic (exact) mass is 377 g/mol. The Labute approximate surface area is 141 Å². The highest BCUT2D eigenvalue weighted by Gasteiger charge is 2.03. The third-order valence-electron chi connectivity index (χ3n) is 3.11. The maximum absolute atomic E-state index is 6.10. The minimum absolute atomic E-state index is 0.719. The summed E-state index contributed by atoms with van der Waals surface area (Å²) in [7, 11) is 0. The van der Waals surface area contributed by atoms with Crippen LogP contribution in [-0.4, -0.2) is 0 Å². The van der Waals surface area contributed by atoms with Crippen molar-refractivity contribution >= 4 is 44.6 Å². The fourth-order valence-electron chi connectivity index (χ4n) is 2.03. The van der Waals surface area contributed by atoms with Crippen LogP contribution in [0, 0.1) is 0 Å². The van der Waals surface area contributed by atoms with Crippen LogP contribution in [0.25, 0.3) is 10.4 Å². The molecule has 0 aliphatic heterocycles. The van der Waals surface area contributed by atoms with Crippen molar-refractivity contribution in [3.8, 4) is 10.4 Å². The quantitative estimate of drug-likeness (QED) is 0.550. The van der Waals surface area contributed by atoms with Crippen molar-refractivity contribution in [2.45, 2.75) is 6.54 Å². The van der Waals surface area contributed by atoms with E-state index in [4.69, 9.17) is 11.6 Å². The van der Waals surface area contributed by atoms with Gasteiger partial charge in [0.25, 0.3) is 0 Å². The standard InChI is InChI=1S/C17H13BrClNS/c18-15-8-6-13(10-16(15)19)20-11-14-7-9-17(21-14)12-4-2-1-3-5-12/h1-10,20H,11H2. The lowest BCUT2D eigenvalue weighted by Gasteiger charge is -2.06. The summed E-state index contributed by atoms with van der Waals surface area (Å²) in [4.78, 5) is 2.59. The van der Waals surface area contributed by atoms with E-state index in [2.05, 4.69) is 57.6 Å². The van der Waals surface area contributed by atoms with Gasteiger partial charge >= 0.3 is 0 Å². The highest BCUT2D eigenvalue weighted by Crippen LogP contribution is 2.29. The number of hydrogen-bond acceptors (Lipinski definition) is 2. The number of nitrogens with one attached hydrogen (secondary N) is 1. The molecule has 0 saturated carbocycles. The van der Waals surface area contributed by atoms with E-state index in [1.807, 2.05) is 35.6 Å². The van der Waals surface area contributed by atoms with Crippen LogP contribution in [0.2, 0.25) is 5.02 Å². The van der Waals surface area contributed by atoms with E-state index >= 15 is 0 Å². The van der Waals surface area contributed by atoms with Gasteiger partial charge in [-0.2, -0.15) is 0 Å². The SMILES string of the molecule is Clc1cc(NCc2ccc(-c3ccccc3)s2)ccc1Br. The predicted molar refractivity (Wildman–Crippen MR) is 96.2 cm³/mol. The first kappa shape index (κ1) is 14.6. The molecule has 0 bridgehead atoms. The van der Waals surface area contributed by atoms with Gasteiger partial charge in [0.2, 0.25) is 0 Å². The van der Waals surface area contributed by atoms with Crippen molar-refractivity contribution < 1.29 is 0 Å². The van der Waals surface area contributed by atoms with Crippen LogP contribution < -0.4 is 5.32 Å². The molecule has 0 atom stereocenters. The molecule has 2 aromatic carbocycles. The molecule has 4 heteroatoms. The predicted octanol–water partition coefficient (Wildman–Crippen LogP) is 6.44. The molecule has 1 N–H and O–H groups in total. The highest BCUT2D eigenvalue weighted by atomic mass is 79.9. The van der Waals surface area contributed by atoms with Gasteiger partial charge in [0.1, 0.15) is 0 Å². The average Bonchev–Trinajstić information content (AvgIpc) is 2.98. The van der Waals surface area contributed by atoms with E-state index < -0.39 is 0 Å². The first-order valence-corrected chi connectivity index (χ1v) is 8.54. The Morgan fingerprint density at radius 2 is 1.81 bits per heavy atom. The zero-order valence-electron chi connectivity index (χ0n) is 11.1. The van der Waals surface area contributed by atoms with Crippen molar-refractivity contribution in [1.82, 2.24) is 0 Å².